The molecule has 0 amide bonds. The van der Waals surface area contributed by atoms with E-state index in [-0.39, 0.29) is 16.3 Å². The SMILES string of the molecule is CCN(CC(=O)OC)S(=O)(=O)c1ccsc1C(=O)O. The first-order valence-corrected chi connectivity index (χ1v) is 7.54. The van der Waals surface area contributed by atoms with Crippen molar-refractivity contribution in [2.45, 2.75) is 11.8 Å². The van der Waals surface area contributed by atoms with E-state index in [4.69, 9.17) is 5.11 Å². The molecule has 19 heavy (non-hydrogen) atoms. The van der Waals surface area contributed by atoms with Crippen LogP contribution >= 0.6 is 11.3 Å². The van der Waals surface area contributed by atoms with E-state index in [9.17, 15) is 18.0 Å². The number of carbonyl (C=O) groups is 2. The number of rotatable bonds is 6. The summed E-state index contributed by atoms with van der Waals surface area (Å²) in [5.74, 6) is -2.03. The Kier molecular flexibility index (Phi) is 5.04. The Bertz CT molecular complexity index is 577. The summed E-state index contributed by atoms with van der Waals surface area (Å²) in [5, 5.41) is 10.3. The van der Waals surface area contributed by atoms with Crippen molar-refractivity contribution >= 4 is 33.3 Å². The van der Waals surface area contributed by atoms with Gasteiger partial charge in [-0.25, -0.2) is 13.2 Å². The predicted molar refractivity (Wildman–Crippen MR) is 67.7 cm³/mol. The number of aromatic carboxylic acids is 1. The number of likely N-dealkylation sites (N-methyl/N-ethyl adjacent to an activating group) is 1. The zero-order valence-corrected chi connectivity index (χ0v) is 12.0. The number of thiophene rings is 1. The van der Waals surface area contributed by atoms with E-state index in [0.29, 0.717) is 0 Å². The van der Waals surface area contributed by atoms with Gasteiger partial charge in [0, 0.05) is 6.54 Å². The van der Waals surface area contributed by atoms with Crippen LogP contribution < -0.4 is 0 Å². The van der Waals surface area contributed by atoms with Gasteiger partial charge in [-0.3, -0.25) is 4.79 Å². The Hall–Kier alpha value is -1.45. The van der Waals surface area contributed by atoms with Gasteiger partial charge in [-0.1, -0.05) is 6.92 Å². The van der Waals surface area contributed by atoms with Gasteiger partial charge < -0.3 is 9.84 Å². The molecule has 0 aliphatic carbocycles. The van der Waals surface area contributed by atoms with Crippen LogP contribution in [0.3, 0.4) is 0 Å². The average molecular weight is 307 g/mol. The minimum Gasteiger partial charge on any atom is -0.477 e. The number of carboxylic acid groups (broad SMARTS) is 1. The summed E-state index contributed by atoms with van der Waals surface area (Å²) < 4.78 is 29.8. The molecule has 0 spiro atoms. The van der Waals surface area contributed by atoms with Crippen molar-refractivity contribution in [2.24, 2.45) is 0 Å². The number of esters is 1. The fourth-order valence-corrected chi connectivity index (χ4v) is 4.00. The molecule has 7 nitrogen and oxygen atoms in total. The van der Waals surface area contributed by atoms with Crippen molar-refractivity contribution in [1.82, 2.24) is 4.31 Å². The lowest BCUT2D eigenvalue weighted by atomic mass is 10.5. The van der Waals surface area contributed by atoms with Crippen LogP contribution in [0.25, 0.3) is 0 Å². The molecule has 0 saturated heterocycles. The molecule has 0 atom stereocenters. The highest BCUT2D eigenvalue weighted by Crippen LogP contribution is 2.25. The van der Waals surface area contributed by atoms with Gasteiger partial charge in [-0.05, 0) is 11.4 Å². The molecule has 0 unspecified atom stereocenters. The number of nitrogens with zero attached hydrogens (tertiary/aromatic N) is 1. The fourth-order valence-electron chi connectivity index (χ4n) is 1.37. The van der Waals surface area contributed by atoms with E-state index in [2.05, 4.69) is 4.74 Å². The fraction of sp³-hybridized carbons (Fsp3) is 0.400. The number of ether oxygens (including phenoxy) is 1. The van der Waals surface area contributed by atoms with Crippen LogP contribution in [0.1, 0.15) is 16.6 Å². The lowest BCUT2D eigenvalue weighted by Crippen LogP contribution is -2.36. The first kappa shape index (κ1) is 15.6. The molecule has 1 heterocycles. The molecule has 1 N–H and O–H groups in total. The Labute approximate surface area is 114 Å². The second kappa shape index (κ2) is 6.13. The van der Waals surface area contributed by atoms with Gasteiger partial charge in [0.2, 0.25) is 10.0 Å². The standard InChI is InChI=1S/C10H13NO6S2/c1-3-11(6-8(12)17-2)19(15,16)7-4-5-18-9(7)10(13)14/h4-5H,3,6H2,1-2H3,(H,13,14). The largest absolute Gasteiger partial charge is 0.477 e. The smallest absolute Gasteiger partial charge is 0.347 e. The summed E-state index contributed by atoms with van der Waals surface area (Å²) in [7, 11) is -2.88. The highest BCUT2D eigenvalue weighted by molar-refractivity contribution is 7.89. The molecule has 1 aromatic heterocycles. The summed E-state index contributed by atoms with van der Waals surface area (Å²) >= 11 is 0.816. The molecule has 0 bridgehead atoms. The van der Waals surface area contributed by atoms with Crippen LogP contribution in [0.4, 0.5) is 0 Å². The van der Waals surface area contributed by atoms with Crippen molar-refractivity contribution in [3.63, 3.8) is 0 Å². The maximum atomic E-state index is 12.3. The number of carboxylic acids is 1. The molecule has 0 aliphatic heterocycles. The van der Waals surface area contributed by atoms with Gasteiger partial charge in [0.15, 0.2) is 0 Å². The zero-order chi connectivity index (χ0) is 14.6. The molecule has 0 fully saturated rings. The second-order valence-corrected chi connectivity index (χ2v) is 6.25. The Morgan fingerprint density at radius 1 is 1.47 bits per heavy atom. The van der Waals surface area contributed by atoms with E-state index < -0.39 is 28.5 Å². The number of hydrogen-bond donors (Lipinski definition) is 1. The van der Waals surface area contributed by atoms with Crippen LogP contribution in [0.15, 0.2) is 16.3 Å². The summed E-state index contributed by atoms with van der Waals surface area (Å²) in [6.45, 7) is 1.13. The monoisotopic (exact) mass is 307 g/mol. The van der Waals surface area contributed by atoms with Crippen LogP contribution in [-0.2, 0) is 19.6 Å². The summed E-state index contributed by atoms with van der Waals surface area (Å²) in [6, 6.07) is 1.21. The first-order chi connectivity index (χ1) is 8.84. The number of hydrogen-bond acceptors (Lipinski definition) is 6. The Balaban J connectivity index is 3.17. The first-order valence-electron chi connectivity index (χ1n) is 5.22. The van der Waals surface area contributed by atoms with Crippen molar-refractivity contribution in [2.75, 3.05) is 20.2 Å². The number of methoxy groups -OCH3 is 1. The predicted octanol–water partition coefficient (Wildman–Crippen LogP) is 0.630. The molecule has 0 aliphatic rings. The van der Waals surface area contributed by atoms with E-state index in [1.54, 1.807) is 6.92 Å². The molecular weight excluding hydrogens is 294 g/mol. The number of carbonyl (C=O) groups excluding carboxylic acids is 1. The molecule has 1 rings (SSSR count). The Morgan fingerprint density at radius 2 is 2.11 bits per heavy atom. The van der Waals surface area contributed by atoms with E-state index in [0.717, 1.165) is 22.8 Å². The van der Waals surface area contributed by atoms with E-state index >= 15 is 0 Å². The van der Waals surface area contributed by atoms with Crippen LogP contribution in [0.5, 0.6) is 0 Å². The molecule has 9 heteroatoms. The van der Waals surface area contributed by atoms with Crippen molar-refractivity contribution in [3.8, 4) is 0 Å². The highest BCUT2D eigenvalue weighted by atomic mass is 32.2. The molecule has 0 saturated carbocycles. The van der Waals surface area contributed by atoms with Gasteiger partial charge in [0.05, 0.1) is 7.11 Å². The maximum Gasteiger partial charge on any atom is 0.347 e. The minimum absolute atomic E-state index is 0.0341. The van der Waals surface area contributed by atoms with Gasteiger partial charge in [-0.2, -0.15) is 4.31 Å². The minimum atomic E-state index is -4.03. The lowest BCUT2D eigenvalue weighted by molar-refractivity contribution is -0.140. The topological polar surface area (TPSA) is 101 Å². The molecule has 106 valence electrons. The van der Waals surface area contributed by atoms with Gasteiger partial charge >= 0.3 is 11.9 Å². The lowest BCUT2D eigenvalue weighted by Gasteiger charge is -2.18. The normalized spacial score (nSPS) is 11.5. The van der Waals surface area contributed by atoms with Crippen molar-refractivity contribution < 1.29 is 27.9 Å². The molecule has 0 aromatic carbocycles. The number of sulfonamides is 1. The third-order valence-electron chi connectivity index (χ3n) is 2.33. The Morgan fingerprint density at radius 3 is 2.58 bits per heavy atom. The van der Waals surface area contributed by atoms with Gasteiger partial charge in [0.25, 0.3) is 0 Å². The quantitative estimate of drug-likeness (QED) is 0.774. The van der Waals surface area contributed by atoms with E-state index in [1.165, 1.54) is 11.4 Å². The average Bonchev–Trinajstić information content (AvgIpc) is 2.85. The van der Waals surface area contributed by atoms with Crippen LogP contribution in [0, 0.1) is 0 Å². The maximum absolute atomic E-state index is 12.3. The molecule has 0 radical (unpaired) electrons. The zero-order valence-electron chi connectivity index (χ0n) is 10.3. The third-order valence-corrected chi connectivity index (χ3v) is 5.32. The summed E-state index contributed by atoms with van der Waals surface area (Å²) in [4.78, 5) is 21.5. The highest BCUT2D eigenvalue weighted by Gasteiger charge is 2.30. The van der Waals surface area contributed by atoms with Crippen LogP contribution in [-0.4, -0.2) is 50.0 Å². The second-order valence-electron chi connectivity index (χ2n) is 3.43. The molecular formula is C10H13NO6S2. The van der Waals surface area contributed by atoms with Gasteiger partial charge in [-0.15, -0.1) is 11.3 Å². The van der Waals surface area contributed by atoms with E-state index in [1.807, 2.05) is 0 Å². The third kappa shape index (κ3) is 3.31. The van der Waals surface area contributed by atoms with Crippen LogP contribution in [0.2, 0.25) is 0 Å². The van der Waals surface area contributed by atoms with Crippen molar-refractivity contribution in [3.05, 3.63) is 16.3 Å². The summed E-state index contributed by atoms with van der Waals surface area (Å²) in [5.41, 5.74) is 0. The molecule has 1 aromatic rings. The van der Waals surface area contributed by atoms with Gasteiger partial charge in [0.1, 0.15) is 16.3 Å². The van der Waals surface area contributed by atoms with Crippen molar-refractivity contribution in [1.29, 1.82) is 0 Å². The summed E-state index contributed by atoms with van der Waals surface area (Å²) in [6.07, 6.45) is 0.